The van der Waals surface area contributed by atoms with Crippen LogP contribution in [0.15, 0.2) is 42.5 Å². The van der Waals surface area contributed by atoms with E-state index < -0.39 is 30.0 Å². The number of hydrogen-bond acceptors (Lipinski definition) is 4. The van der Waals surface area contributed by atoms with Crippen LogP contribution in [0.25, 0.3) is 10.8 Å². The maximum atomic E-state index is 12.6. The summed E-state index contributed by atoms with van der Waals surface area (Å²) in [7, 11) is -8.43. The monoisotopic (exact) mass is 443 g/mol. The van der Waals surface area contributed by atoms with Gasteiger partial charge in [0.2, 0.25) is 10.0 Å². The molecule has 2 aromatic rings. The minimum atomic E-state index is -4.78. The maximum Gasteiger partial charge on any atom is 0.469 e. The van der Waals surface area contributed by atoms with E-state index in [0.29, 0.717) is 12.0 Å². The number of phosphoric ester groups is 1. The lowest BCUT2D eigenvalue weighted by Gasteiger charge is -2.26. The summed E-state index contributed by atoms with van der Waals surface area (Å²) < 4.78 is 44.0. The Bertz CT molecular complexity index is 943. The molecule has 162 valence electrons. The summed E-state index contributed by atoms with van der Waals surface area (Å²) in [5.41, 5.74) is 0.583. The third-order valence-corrected chi connectivity index (χ3v) is 6.78. The van der Waals surface area contributed by atoms with Crippen molar-refractivity contribution in [3.8, 4) is 0 Å². The van der Waals surface area contributed by atoms with Crippen molar-refractivity contribution < 1.29 is 27.3 Å². The fourth-order valence-electron chi connectivity index (χ4n) is 3.26. The van der Waals surface area contributed by atoms with E-state index in [1.807, 2.05) is 36.4 Å². The van der Waals surface area contributed by atoms with E-state index in [9.17, 15) is 22.8 Å². The van der Waals surface area contributed by atoms with Crippen molar-refractivity contribution >= 4 is 28.6 Å². The minimum Gasteiger partial charge on any atom is -0.303 e. The third kappa shape index (κ3) is 8.16. The molecule has 0 heterocycles. The second kappa shape index (κ2) is 10.7. The Kier molecular flexibility index (Phi) is 8.82. The van der Waals surface area contributed by atoms with Gasteiger partial charge in [-0.15, -0.1) is 0 Å². The highest BCUT2D eigenvalue weighted by Gasteiger charge is 2.30. The third-order valence-electron chi connectivity index (χ3n) is 4.73. The lowest BCUT2D eigenvalue weighted by Crippen LogP contribution is -2.37. The van der Waals surface area contributed by atoms with Gasteiger partial charge in [-0.2, -0.15) is 0 Å². The van der Waals surface area contributed by atoms with E-state index in [0.717, 1.165) is 36.5 Å². The van der Waals surface area contributed by atoms with Crippen molar-refractivity contribution in [2.45, 2.75) is 58.1 Å². The molecule has 0 spiro atoms. The van der Waals surface area contributed by atoms with Crippen LogP contribution in [-0.2, 0) is 19.1 Å². The number of benzene rings is 2. The van der Waals surface area contributed by atoms with Gasteiger partial charge in [0.05, 0.1) is 17.9 Å². The molecule has 2 unspecified atom stereocenters. The van der Waals surface area contributed by atoms with Gasteiger partial charge in [0.1, 0.15) is 0 Å². The second-order valence-electron chi connectivity index (χ2n) is 7.24. The van der Waals surface area contributed by atoms with Gasteiger partial charge in [-0.3, -0.25) is 4.52 Å². The Labute approximate surface area is 172 Å². The Balaban J connectivity index is 2.23. The van der Waals surface area contributed by atoms with E-state index in [-0.39, 0.29) is 5.75 Å². The van der Waals surface area contributed by atoms with Crippen LogP contribution in [0.4, 0.5) is 0 Å². The molecule has 0 aliphatic carbocycles. The summed E-state index contributed by atoms with van der Waals surface area (Å²) in [6.07, 6.45) is 3.42. The molecule has 0 saturated carbocycles. The summed E-state index contributed by atoms with van der Waals surface area (Å²) in [5, 5.41) is 1.88. The minimum absolute atomic E-state index is 0.0383. The average molecular weight is 444 g/mol. The lowest BCUT2D eigenvalue weighted by atomic mass is 9.99. The maximum absolute atomic E-state index is 12.6. The Hall–Kier alpha value is -1.28. The molecule has 0 saturated heterocycles. The van der Waals surface area contributed by atoms with E-state index in [4.69, 9.17) is 4.52 Å². The highest BCUT2D eigenvalue weighted by atomic mass is 32.2. The second-order valence-corrected chi connectivity index (χ2v) is 10.3. The van der Waals surface area contributed by atoms with E-state index >= 15 is 0 Å². The topological polar surface area (TPSA) is 113 Å². The van der Waals surface area contributed by atoms with Crippen LogP contribution in [0.2, 0.25) is 0 Å². The molecule has 7 nitrogen and oxygen atoms in total. The molecule has 29 heavy (non-hydrogen) atoms. The van der Waals surface area contributed by atoms with E-state index in [2.05, 4.69) is 11.6 Å². The number of unbranched alkanes of at least 4 members (excludes halogenated alkanes) is 4. The number of nitrogens with one attached hydrogen (secondary N) is 1. The van der Waals surface area contributed by atoms with Crippen LogP contribution in [0.3, 0.4) is 0 Å². The van der Waals surface area contributed by atoms with Crippen LogP contribution >= 0.6 is 7.82 Å². The van der Waals surface area contributed by atoms with Gasteiger partial charge < -0.3 is 9.79 Å². The molecule has 2 aromatic carbocycles. The molecule has 0 fully saturated rings. The molecule has 2 atom stereocenters. The fraction of sp³-hybridized carbons (Fsp3) is 0.500. The van der Waals surface area contributed by atoms with E-state index in [1.54, 1.807) is 6.07 Å². The molecule has 0 aromatic heterocycles. The zero-order chi connectivity index (χ0) is 21.5. The SMILES string of the molecule is CCCCCCCS(=O)(=O)NC(c1ccc2ccccc2c1)C(C)OP(=O)(O)O. The van der Waals surface area contributed by atoms with Gasteiger partial charge >= 0.3 is 7.82 Å². The molecule has 0 aliphatic rings. The van der Waals surface area contributed by atoms with Gasteiger partial charge in [-0.05, 0) is 35.7 Å². The van der Waals surface area contributed by atoms with Crippen LogP contribution < -0.4 is 4.72 Å². The summed E-state index contributed by atoms with van der Waals surface area (Å²) in [6, 6.07) is 12.1. The molecule has 0 aliphatic heterocycles. The zero-order valence-corrected chi connectivity index (χ0v) is 18.5. The Morgan fingerprint density at radius 1 is 1.03 bits per heavy atom. The van der Waals surface area contributed by atoms with Crippen LogP contribution in [-0.4, -0.2) is 30.1 Å². The highest BCUT2D eigenvalue weighted by Crippen LogP contribution is 2.40. The molecule has 3 N–H and O–H groups in total. The fourth-order valence-corrected chi connectivity index (χ4v) is 5.23. The summed E-state index contributed by atoms with van der Waals surface area (Å²) in [4.78, 5) is 18.4. The summed E-state index contributed by atoms with van der Waals surface area (Å²) in [5.74, 6) is -0.0383. The van der Waals surface area contributed by atoms with Crippen LogP contribution in [0, 0.1) is 0 Å². The average Bonchev–Trinajstić information content (AvgIpc) is 2.64. The number of phosphoric acid groups is 1. The summed E-state index contributed by atoms with van der Waals surface area (Å²) >= 11 is 0. The van der Waals surface area contributed by atoms with Crippen molar-refractivity contribution in [1.82, 2.24) is 4.72 Å². The van der Waals surface area contributed by atoms with Gasteiger partial charge in [-0.1, -0.05) is 69.0 Å². The molecule has 2 rings (SSSR count). The number of hydrogen-bond donors (Lipinski definition) is 3. The van der Waals surface area contributed by atoms with Crippen molar-refractivity contribution in [2.24, 2.45) is 0 Å². The Morgan fingerprint density at radius 3 is 2.34 bits per heavy atom. The highest BCUT2D eigenvalue weighted by molar-refractivity contribution is 7.89. The van der Waals surface area contributed by atoms with Gasteiger partial charge in [0.25, 0.3) is 0 Å². The molecule has 0 amide bonds. The lowest BCUT2D eigenvalue weighted by molar-refractivity contribution is 0.121. The number of sulfonamides is 1. The molecule has 9 heteroatoms. The van der Waals surface area contributed by atoms with Gasteiger partial charge in [0.15, 0.2) is 0 Å². The molecular weight excluding hydrogens is 413 g/mol. The first-order valence-electron chi connectivity index (χ1n) is 9.84. The predicted molar refractivity (Wildman–Crippen MR) is 115 cm³/mol. The molecular formula is C20H30NO6PS. The molecule has 0 radical (unpaired) electrons. The molecule has 0 bridgehead atoms. The van der Waals surface area contributed by atoms with Crippen molar-refractivity contribution in [3.05, 3.63) is 48.0 Å². The first kappa shape index (κ1) is 24.0. The van der Waals surface area contributed by atoms with Gasteiger partial charge in [-0.25, -0.2) is 17.7 Å². The first-order chi connectivity index (χ1) is 13.6. The van der Waals surface area contributed by atoms with Gasteiger partial charge in [0, 0.05) is 0 Å². The largest absolute Gasteiger partial charge is 0.469 e. The normalized spacial score (nSPS) is 14.8. The number of fused-ring (bicyclic) bond motifs is 1. The van der Waals surface area contributed by atoms with Crippen molar-refractivity contribution in [2.75, 3.05) is 5.75 Å². The van der Waals surface area contributed by atoms with Crippen LogP contribution in [0.5, 0.6) is 0 Å². The smallest absolute Gasteiger partial charge is 0.303 e. The number of rotatable bonds is 12. The standard InChI is InChI=1S/C20H30NO6PS/c1-3-4-5-6-9-14-29(25,26)21-20(16(2)27-28(22,23)24)19-13-12-17-10-7-8-11-18(17)15-19/h7-8,10-13,15-16,20-21H,3-6,9,14H2,1-2H3,(H2,22,23,24). The van der Waals surface area contributed by atoms with Crippen molar-refractivity contribution in [3.63, 3.8) is 0 Å². The van der Waals surface area contributed by atoms with E-state index in [1.165, 1.54) is 6.92 Å². The predicted octanol–water partition coefficient (Wildman–Crippen LogP) is 4.27. The quantitative estimate of drug-likeness (QED) is 0.334. The Morgan fingerprint density at radius 2 is 1.69 bits per heavy atom. The van der Waals surface area contributed by atoms with Crippen LogP contribution in [0.1, 0.15) is 57.6 Å². The first-order valence-corrected chi connectivity index (χ1v) is 13.0. The van der Waals surface area contributed by atoms with Crippen molar-refractivity contribution in [1.29, 1.82) is 0 Å². The zero-order valence-electron chi connectivity index (χ0n) is 16.8. The summed E-state index contributed by atoms with van der Waals surface area (Å²) in [6.45, 7) is 3.54.